The molecule has 1 aliphatic heterocycles. The number of rotatable bonds is 5. The molecule has 26 heavy (non-hydrogen) atoms. The number of amides is 1. The molecule has 0 aromatic heterocycles. The Morgan fingerprint density at radius 2 is 1.81 bits per heavy atom. The van der Waals surface area contributed by atoms with Gasteiger partial charge < -0.3 is 4.90 Å². The summed E-state index contributed by atoms with van der Waals surface area (Å²) in [5.74, 6) is 0.755. The number of para-hydroxylation sites is 1. The van der Waals surface area contributed by atoms with Crippen LogP contribution in [0.4, 0.5) is 5.69 Å². The second-order valence-corrected chi connectivity index (χ2v) is 7.28. The fraction of sp³-hybridized carbons (Fsp3) is 0.550. The summed E-state index contributed by atoms with van der Waals surface area (Å²) in [4.78, 5) is 27.3. The van der Waals surface area contributed by atoms with Gasteiger partial charge in [0.05, 0.1) is 10.5 Å². The van der Waals surface area contributed by atoms with Gasteiger partial charge in [0.1, 0.15) is 0 Å². The molecule has 0 atom stereocenters. The Labute approximate surface area is 154 Å². The van der Waals surface area contributed by atoms with Gasteiger partial charge in [-0.15, -0.1) is 0 Å². The molecule has 1 aromatic rings. The van der Waals surface area contributed by atoms with Crippen molar-refractivity contribution in [2.24, 2.45) is 5.92 Å². The summed E-state index contributed by atoms with van der Waals surface area (Å²) >= 11 is 0. The number of nitro groups is 1. The Hall–Kier alpha value is -2.21. The third-order valence-electron chi connectivity index (χ3n) is 5.46. The molecule has 2 fully saturated rings. The molecule has 6 heteroatoms. The molecule has 0 radical (unpaired) electrons. The van der Waals surface area contributed by atoms with E-state index in [4.69, 9.17) is 0 Å². The van der Waals surface area contributed by atoms with Crippen LogP contribution in [0.5, 0.6) is 0 Å². The van der Waals surface area contributed by atoms with Gasteiger partial charge in [0.2, 0.25) is 5.91 Å². The van der Waals surface area contributed by atoms with Gasteiger partial charge in [-0.25, -0.2) is 0 Å². The highest BCUT2D eigenvalue weighted by Gasteiger charge is 2.23. The molecular weight excluding hydrogens is 330 g/mol. The van der Waals surface area contributed by atoms with Gasteiger partial charge in [-0.05, 0) is 30.9 Å². The van der Waals surface area contributed by atoms with Crippen molar-refractivity contribution in [3.8, 4) is 0 Å². The van der Waals surface area contributed by atoms with E-state index in [0.717, 1.165) is 38.6 Å². The summed E-state index contributed by atoms with van der Waals surface area (Å²) < 4.78 is 0. The largest absolute Gasteiger partial charge is 0.337 e. The van der Waals surface area contributed by atoms with Crippen molar-refractivity contribution in [2.75, 3.05) is 32.7 Å². The number of piperazine rings is 1. The lowest BCUT2D eigenvalue weighted by atomic mass is 9.89. The molecule has 1 heterocycles. The quantitative estimate of drug-likeness (QED) is 0.460. The summed E-state index contributed by atoms with van der Waals surface area (Å²) in [6, 6.07) is 6.47. The number of nitro benzene ring substituents is 1. The number of hydrogen-bond donors (Lipinski definition) is 0. The number of carbonyl (C=O) groups is 1. The second-order valence-electron chi connectivity index (χ2n) is 7.28. The number of hydrogen-bond acceptors (Lipinski definition) is 4. The molecule has 0 spiro atoms. The van der Waals surface area contributed by atoms with E-state index in [1.54, 1.807) is 24.3 Å². The first kappa shape index (κ1) is 18.6. The van der Waals surface area contributed by atoms with E-state index >= 15 is 0 Å². The van der Waals surface area contributed by atoms with E-state index in [1.165, 1.54) is 44.2 Å². The van der Waals surface area contributed by atoms with Gasteiger partial charge in [-0.1, -0.05) is 31.4 Å². The first-order valence-corrected chi connectivity index (χ1v) is 9.56. The van der Waals surface area contributed by atoms with Gasteiger partial charge in [0.15, 0.2) is 0 Å². The average molecular weight is 357 g/mol. The first-order chi connectivity index (χ1) is 12.6. The topological polar surface area (TPSA) is 66.7 Å². The molecule has 6 nitrogen and oxygen atoms in total. The zero-order valence-electron chi connectivity index (χ0n) is 15.2. The molecule has 1 saturated carbocycles. The fourth-order valence-electron chi connectivity index (χ4n) is 3.95. The molecule has 0 bridgehead atoms. The summed E-state index contributed by atoms with van der Waals surface area (Å²) in [6.45, 7) is 4.46. The van der Waals surface area contributed by atoms with Crippen LogP contribution >= 0.6 is 0 Å². The van der Waals surface area contributed by atoms with E-state index in [0.29, 0.717) is 5.56 Å². The van der Waals surface area contributed by atoms with Crippen molar-refractivity contribution in [3.63, 3.8) is 0 Å². The van der Waals surface area contributed by atoms with Crippen LogP contribution < -0.4 is 0 Å². The van der Waals surface area contributed by atoms with E-state index in [9.17, 15) is 14.9 Å². The lowest BCUT2D eigenvalue weighted by molar-refractivity contribution is -0.385. The zero-order chi connectivity index (χ0) is 18.4. The van der Waals surface area contributed by atoms with Crippen molar-refractivity contribution < 1.29 is 9.72 Å². The van der Waals surface area contributed by atoms with E-state index in [2.05, 4.69) is 4.90 Å². The third kappa shape index (κ3) is 4.91. The van der Waals surface area contributed by atoms with Gasteiger partial charge in [-0.2, -0.15) is 0 Å². The maximum absolute atomic E-state index is 12.4. The van der Waals surface area contributed by atoms with Gasteiger partial charge in [-0.3, -0.25) is 19.8 Å². The Morgan fingerprint density at radius 3 is 2.50 bits per heavy atom. The predicted octanol–water partition coefficient (Wildman–Crippen LogP) is 3.33. The van der Waals surface area contributed by atoms with Crippen LogP contribution in [0.3, 0.4) is 0 Å². The minimum Gasteiger partial charge on any atom is -0.337 e. The van der Waals surface area contributed by atoms with Crippen molar-refractivity contribution in [2.45, 2.75) is 32.1 Å². The average Bonchev–Trinajstić information content (AvgIpc) is 2.67. The van der Waals surface area contributed by atoms with E-state index in [1.807, 2.05) is 4.90 Å². The number of benzene rings is 1. The molecule has 1 aromatic carbocycles. The monoisotopic (exact) mass is 357 g/mol. The maximum Gasteiger partial charge on any atom is 0.276 e. The molecule has 2 aliphatic rings. The molecule has 0 unspecified atom stereocenters. The molecular formula is C20H27N3O3. The second kappa shape index (κ2) is 8.94. The van der Waals surface area contributed by atoms with E-state index in [-0.39, 0.29) is 11.6 Å². The van der Waals surface area contributed by atoms with Crippen LogP contribution in [0.2, 0.25) is 0 Å². The van der Waals surface area contributed by atoms with Crippen molar-refractivity contribution >= 4 is 17.7 Å². The number of carbonyl (C=O) groups excluding carboxylic acids is 1. The predicted molar refractivity (Wildman–Crippen MR) is 102 cm³/mol. The summed E-state index contributed by atoms with van der Waals surface area (Å²) in [7, 11) is 0. The molecule has 1 aliphatic carbocycles. The Morgan fingerprint density at radius 1 is 1.12 bits per heavy atom. The smallest absolute Gasteiger partial charge is 0.276 e. The normalized spacial score (nSPS) is 19.8. The first-order valence-electron chi connectivity index (χ1n) is 9.56. The van der Waals surface area contributed by atoms with Crippen molar-refractivity contribution in [1.29, 1.82) is 0 Å². The summed E-state index contributed by atoms with van der Waals surface area (Å²) in [5, 5.41) is 11.0. The van der Waals surface area contributed by atoms with Crippen molar-refractivity contribution in [1.82, 2.24) is 9.80 Å². The van der Waals surface area contributed by atoms with Crippen LogP contribution in [0, 0.1) is 16.0 Å². The highest BCUT2D eigenvalue weighted by Crippen LogP contribution is 2.25. The molecule has 1 saturated heterocycles. The van der Waals surface area contributed by atoms with Crippen molar-refractivity contribution in [3.05, 3.63) is 46.0 Å². The highest BCUT2D eigenvalue weighted by atomic mass is 16.6. The standard InChI is InChI=1S/C20H27N3O3/c24-20(11-10-18-8-4-5-9-19(18)23(25)26)22-14-12-21(13-15-22)16-17-6-2-1-3-7-17/h4-5,8-11,17H,1-3,6-7,12-16H2. The Bertz CT molecular complexity index is 660. The third-order valence-corrected chi connectivity index (χ3v) is 5.46. The van der Waals surface area contributed by atoms with E-state index < -0.39 is 4.92 Å². The summed E-state index contributed by atoms with van der Waals surface area (Å²) in [6.07, 6.45) is 9.80. The minimum absolute atomic E-state index is 0.0221. The van der Waals surface area contributed by atoms with Crippen LogP contribution in [-0.4, -0.2) is 53.4 Å². The fourth-order valence-corrected chi connectivity index (χ4v) is 3.95. The van der Waals surface area contributed by atoms with Crippen LogP contribution in [0.1, 0.15) is 37.7 Å². The number of nitrogens with zero attached hydrogens (tertiary/aromatic N) is 3. The van der Waals surface area contributed by atoms with Gasteiger partial charge in [0.25, 0.3) is 5.69 Å². The Kier molecular flexibility index (Phi) is 6.39. The molecule has 3 rings (SSSR count). The highest BCUT2D eigenvalue weighted by molar-refractivity contribution is 5.92. The summed E-state index contributed by atoms with van der Waals surface area (Å²) in [5.41, 5.74) is 0.482. The molecule has 140 valence electrons. The lowest BCUT2D eigenvalue weighted by Crippen LogP contribution is -2.49. The molecule has 0 N–H and O–H groups in total. The lowest BCUT2D eigenvalue weighted by Gasteiger charge is -2.36. The maximum atomic E-state index is 12.4. The van der Waals surface area contributed by atoms with Crippen LogP contribution in [-0.2, 0) is 4.79 Å². The SMILES string of the molecule is O=C(C=Cc1ccccc1[N+](=O)[O-])N1CCN(CC2CCCCC2)CC1. The Balaban J connectivity index is 1.50. The van der Waals surface area contributed by atoms with Gasteiger partial charge in [0, 0.05) is 44.9 Å². The van der Waals surface area contributed by atoms with Crippen LogP contribution in [0.15, 0.2) is 30.3 Å². The molecule has 1 amide bonds. The van der Waals surface area contributed by atoms with Crippen LogP contribution in [0.25, 0.3) is 6.08 Å². The minimum atomic E-state index is -0.422. The zero-order valence-corrected chi connectivity index (χ0v) is 15.2. The van der Waals surface area contributed by atoms with Gasteiger partial charge >= 0.3 is 0 Å².